The van der Waals surface area contributed by atoms with E-state index in [-0.39, 0.29) is 23.4 Å². The van der Waals surface area contributed by atoms with Gasteiger partial charge in [0.2, 0.25) is 0 Å². The highest BCUT2D eigenvalue weighted by Gasteiger charge is 2.26. The number of aryl methyl sites for hydroxylation is 1. The van der Waals surface area contributed by atoms with Crippen LogP contribution in [-0.4, -0.2) is 48.1 Å². The van der Waals surface area contributed by atoms with E-state index in [1.165, 1.54) is 0 Å². The number of amides is 2. The van der Waals surface area contributed by atoms with E-state index in [1.54, 1.807) is 13.0 Å². The van der Waals surface area contributed by atoms with Crippen molar-refractivity contribution in [2.45, 2.75) is 26.2 Å². The number of likely N-dealkylation sites (tertiary alicyclic amines) is 1. The van der Waals surface area contributed by atoms with Crippen LogP contribution in [0, 0.1) is 12.8 Å². The van der Waals surface area contributed by atoms with E-state index < -0.39 is 0 Å². The smallest absolute Gasteiger partial charge is 0.273 e. The van der Waals surface area contributed by atoms with Crippen LogP contribution < -0.4 is 10.1 Å². The van der Waals surface area contributed by atoms with E-state index in [9.17, 15) is 9.59 Å². The van der Waals surface area contributed by atoms with Crippen molar-refractivity contribution < 1.29 is 18.8 Å². The minimum Gasteiger partial charge on any atom is -0.493 e. The Bertz CT molecular complexity index is 861. The van der Waals surface area contributed by atoms with Crippen molar-refractivity contribution in [3.63, 3.8) is 0 Å². The largest absolute Gasteiger partial charge is 0.493 e. The van der Waals surface area contributed by atoms with Crippen LogP contribution in [0.5, 0.6) is 5.75 Å². The van der Waals surface area contributed by atoms with Crippen molar-refractivity contribution in [2.75, 3.05) is 26.2 Å². The van der Waals surface area contributed by atoms with Gasteiger partial charge in [-0.2, -0.15) is 0 Å². The molecule has 0 aliphatic carbocycles. The molecule has 2 amide bonds. The van der Waals surface area contributed by atoms with Crippen LogP contribution in [0.2, 0.25) is 0 Å². The predicted molar refractivity (Wildman–Crippen MR) is 97.8 cm³/mol. The molecule has 1 aromatic heterocycles. The monoisotopic (exact) mass is 369 g/mol. The molecule has 7 nitrogen and oxygen atoms in total. The molecule has 0 spiro atoms. The summed E-state index contributed by atoms with van der Waals surface area (Å²) in [5.74, 6) is 1.53. The summed E-state index contributed by atoms with van der Waals surface area (Å²) in [4.78, 5) is 26.9. The molecule has 2 aliphatic heterocycles. The molecule has 7 heteroatoms. The molecule has 3 heterocycles. The van der Waals surface area contributed by atoms with Crippen LogP contribution in [0.1, 0.15) is 45.0 Å². The van der Waals surface area contributed by atoms with Crippen LogP contribution in [0.3, 0.4) is 0 Å². The fourth-order valence-corrected chi connectivity index (χ4v) is 3.72. The summed E-state index contributed by atoms with van der Waals surface area (Å²) in [6.07, 6.45) is 2.77. The molecular formula is C20H23N3O4. The third-order valence-corrected chi connectivity index (χ3v) is 5.15. The van der Waals surface area contributed by atoms with E-state index >= 15 is 0 Å². The first kappa shape index (κ1) is 17.6. The van der Waals surface area contributed by atoms with Gasteiger partial charge in [0, 0.05) is 37.7 Å². The number of piperidine rings is 1. The first-order valence-corrected chi connectivity index (χ1v) is 9.36. The average molecular weight is 369 g/mol. The Balaban J connectivity index is 1.35. The fourth-order valence-electron chi connectivity index (χ4n) is 3.72. The van der Waals surface area contributed by atoms with Gasteiger partial charge in [-0.1, -0.05) is 5.16 Å². The minimum atomic E-state index is -0.242. The van der Waals surface area contributed by atoms with Gasteiger partial charge in [0.25, 0.3) is 11.8 Å². The zero-order valence-electron chi connectivity index (χ0n) is 15.4. The van der Waals surface area contributed by atoms with Crippen molar-refractivity contribution in [1.29, 1.82) is 0 Å². The quantitative estimate of drug-likeness (QED) is 0.893. The van der Waals surface area contributed by atoms with Crippen LogP contribution >= 0.6 is 0 Å². The number of benzene rings is 1. The van der Waals surface area contributed by atoms with Crippen molar-refractivity contribution in [2.24, 2.45) is 5.92 Å². The van der Waals surface area contributed by atoms with Gasteiger partial charge in [-0.25, -0.2) is 0 Å². The number of hydrogen-bond acceptors (Lipinski definition) is 5. The van der Waals surface area contributed by atoms with Crippen molar-refractivity contribution in [3.05, 3.63) is 46.8 Å². The summed E-state index contributed by atoms with van der Waals surface area (Å²) in [6.45, 7) is 4.35. The first-order valence-electron chi connectivity index (χ1n) is 9.36. The summed E-state index contributed by atoms with van der Waals surface area (Å²) < 4.78 is 10.4. The van der Waals surface area contributed by atoms with Crippen LogP contribution in [0.4, 0.5) is 0 Å². The van der Waals surface area contributed by atoms with Crippen molar-refractivity contribution in [3.8, 4) is 5.75 Å². The number of fused-ring (bicyclic) bond motifs is 1. The maximum absolute atomic E-state index is 12.9. The number of nitrogens with one attached hydrogen (secondary N) is 1. The number of ether oxygens (including phenoxy) is 1. The molecular weight excluding hydrogens is 346 g/mol. The second-order valence-corrected chi connectivity index (χ2v) is 7.21. The number of carbonyl (C=O) groups excluding carboxylic acids is 2. The maximum atomic E-state index is 12.9. The second-order valence-electron chi connectivity index (χ2n) is 7.21. The summed E-state index contributed by atoms with van der Waals surface area (Å²) >= 11 is 0. The highest BCUT2D eigenvalue weighted by atomic mass is 16.5. The van der Waals surface area contributed by atoms with E-state index in [2.05, 4.69) is 10.5 Å². The number of carbonyl (C=O) groups is 2. The van der Waals surface area contributed by atoms with Gasteiger partial charge in [-0.05, 0) is 49.4 Å². The average Bonchev–Trinajstić information content (AvgIpc) is 3.34. The zero-order chi connectivity index (χ0) is 18.8. The van der Waals surface area contributed by atoms with Crippen molar-refractivity contribution in [1.82, 2.24) is 15.4 Å². The van der Waals surface area contributed by atoms with Gasteiger partial charge in [0.1, 0.15) is 11.5 Å². The van der Waals surface area contributed by atoms with Crippen LogP contribution in [0.15, 0.2) is 28.8 Å². The van der Waals surface area contributed by atoms with Crippen LogP contribution in [-0.2, 0) is 6.42 Å². The topological polar surface area (TPSA) is 84.7 Å². The summed E-state index contributed by atoms with van der Waals surface area (Å²) in [5, 5.41) is 6.63. The zero-order valence-corrected chi connectivity index (χ0v) is 15.4. The molecule has 1 aromatic carbocycles. The second kappa shape index (κ2) is 7.42. The molecule has 2 aliphatic rings. The number of nitrogens with zero attached hydrogens (tertiary/aromatic N) is 2. The summed E-state index contributed by atoms with van der Waals surface area (Å²) in [7, 11) is 0. The molecule has 1 unspecified atom stereocenters. The predicted octanol–water partition coefficient (Wildman–Crippen LogP) is 2.20. The Kier molecular flexibility index (Phi) is 4.83. The van der Waals surface area contributed by atoms with Gasteiger partial charge >= 0.3 is 0 Å². The third-order valence-electron chi connectivity index (χ3n) is 5.15. The van der Waals surface area contributed by atoms with Crippen LogP contribution in [0.25, 0.3) is 0 Å². The lowest BCUT2D eigenvalue weighted by Crippen LogP contribution is -2.43. The Morgan fingerprint density at radius 2 is 2.22 bits per heavy atom. The Hall–Kier alpha value is -2.83. The lowest BCUT2D eigenvalue weighted by molar-refractivity contribution is 0.0670. The standard InChI is InChI=1S/C20H23N3O4/c1-13-9-17(22-27-13)19(24)21-11-14-3-2-7-23(12-14)20(25)16-4-5-18-15(10-16)6-8-26-18/h4-5,9-10,14H,2-3,6-8,11-12H2,1H3,(H,21,24). The Labute approximate surface area is 157 Å². The lowest BCUT2D eigenvalue weighted by Gasteiger charge is -2.33. The van der Waals surface area contributed by atoms with E-state index in [4.69, 9.17) is 9.26 Å². The van der Waals surface area contributed by atoms with E-state index in [0.717, 1.165) is 37.1 Å². The SMILES string of the molecule is Cc1cc(C(=O)NCC2CCCN(C(=O)c3ccc4c(c3)CCO4)C2)no1. The number of rotatable bonds is 4. The molecule has 0 radical (unpaired) electrons. The molecule has 4 rings (SSSR count). The highest BCUT2D eigenvalue weighted by Crippen LogP contribution is 2.27. The Morgan fingerprint density at radius 3 is 3.04 bits per heavy atom. The lowest BCUT2D eigenvalue weighted by atomic mass is 9.97. The number of hydrogen-bond donors (Lipinski definition) is 1. The Morgan fingerprint density at radius 1 is 1.33 bits per heavy atom. The maximum Gasteiger partial charge on any atom is 0.273 e. The first-order chi connectivity index (χ1) is 13.1. The molecule has 1 atom stereocenters. The third kappa shape index (κ3) is 3.82. The fraction of sp³-hybridized carbons (Fsp3) is 0.450. The van der Waals surface area contributed by atoms with Gasteiger partial charge in [0.15, 0.2) is 5.69 Å². The molecule has 1 fully saturated rings. The minimum absolute atomic E-state index is 0.0489. The van der Waals surface area contributed by atoms with Gasteiger partial charge in [-0.15, -0.1) is 0 Å². The van der Waals surface area contributed by atoms with E-state index in [0.29, 0.717) is 31.0 Å². The molecule has 142 valence electrons. The van der Waals surface area contributed by atoms with Gasteiger partial charge < -0.3 is 19.5 Å². The molecule has 0 saturated carbocycles. The highest BCUT2D eigenvalue weighted by molar-refractivity contribution is 5.95. The summed E-state index contributed by atoms with van der Waals surface area (Å²) in [5.41, 5.74) is 2.10. The van der Waals surface area contributed by atoms with Gasteiger partial charge in [0.05, 0.1) is 6.61 Å². The molecule has 1 N–H and O–H groups in total. The number of aromatic nitrogens is 1. The summed E-state index contributed by atoms with van der Waals surface area (Å²) in [6, 6.07) is 7.29. The molecule has 1 saturated heterocycles. The molecule has 2 aromatic rings. The van der Waals surface area contributed by atoms with Crippen molar-refractivity contribution >= 4 is 11.8 Å². The van der Waals surface area contributed by atoms with Gasteiger partial charge in [-0.3, -0.25) is 9.59 Å². The normalized spacial score (nSPS) is 18.7. The van der Waals surface area contributed by atoms with E-state index in [1.807, 2.05) is 23.1 Å². The molecule has 0 bridgehead atoms. The molecule has 27 heavy (non-hydrogen) atoms.